The number of ether oxygens (including phenoxy) is 1. The van der Waals surface area contributed by atoms with Crippen LogP contribution in [0.15, 0.2) is 4.52 Å². The van der Waals surface area contributed by atoms with E-state index in [9.17, 15) is 0 Å². The predicted molar refractivity (Wildman–Crippen MR) is 51.8 cm³/mol. The standard InChI is InChI=1S/C10H16N2O2/c1-6-10(7(2)14-12-6)5-13-9-3-8(11)4-9/h8-9H,3-5,11H2,1-2H3. The Morgan fingerprint density at radius 1 is 1.50 bits per heavy atom. The van der Waals surface area contributed by atoms with Crippen LogP contribution in [0.1, 0.15) is 29.9 Å². The van der Waals surface area contributed by atoms with E-state index in [0.717, 1.165) is 29.9 Å². The second-order valence-corrected chi connectivity index (χ2v) is 3.97. The first-order valence-corrected chi connectivity index (χ1v) is 4.95. The monoisotopic (exact) mass is 196 g/mol. The number of nitrogens with two attached hydrogens (primary N) is 1. The maximum absolute atomic E-state index is 5.67. The largest absolute Gasteiger partial charge is 0.373 e. The number of rotatable bonds is 3. The maximum Gasteiger partial charge on any atom is 0.139 e. The Morgan fingerprint density at radius 3 is 2.71 bits per heavy atom. The third kappa shape index (κ3) is 1.81. The molecule has 4 heteroatoms. The van der Waals surface area contributed by atoms with E-state index in [-0.39, 0.29) is 0 Å². The van der Waals surface area contributed by atoms with Gasteiger partial charge in [-0.25, -0.2) is 0 Å². The molecular formula is C10H16N2O2. The molecule has 4 nitrogen and oxygen atoms in total. The van der Waals surface area contributed by atoms with Crippen molar-refractivity contribution in [1.29, 1.82) is 0 Å². The van der Waals surface area contributed by atoms with Gasteiger partial charge in [-0.2, -0.15) is 0 Å². The summed E-state index contributed by atoms with van der Waals surface area (Å²) in [6.45, 7) is 4.44. The molecule has 2 N–H and O–H groups in total. The Labute approximate surface area is 83.4 Å². The number of aryl methyl sites for hydroxylation is 2. The molecule has 0 amide bonds. The van der Waals surface area contributed by atoms with Gasteiger partial charge in [0.1, 0.15) is 5.76 Å². The van der Waals surface area contributed by atoms with Crippen LogP contribution in [0.3, 0.4) is 0 Å². The van der Waals surface area contributed by atoms with Crippen LogP contribution in [-0.4, -0.2) is 17.3 Å². The van der Waals surface area contributed by atoms with Crippen molar-refractivity contribution < 1.29 is 9.26 Å². The highest BCUT2D eigenvalue weighted by Crippen LogP contribution is 2.23. The van der Waals surface area contributed by atoms with E-state index in [1.807, 2.05) is 13.8 Å². The summed E-state index contributed by atoms with van der Waals surface area (Å²) in [5.74, 6) is 0.853. The first-order chi connectivity index (χ1) is 6.66. The summed E-state index contributed by atoms with van der Waals surface area (Å²) in [7, 11) is 0. The Hall–Kier alpha value is -0.870. The highest BCUT2D eigenvalue weighted by atomic mass is 16.5. The van der Waals surface area contributed by atoms with E-state index in [0.29, 0.717) is 18.8 Å². The van der Waals surface area contributed by atoms with Crippen LogP contribution in [0.4, 0.5) is 0 Å². The molecule has 78 valence electrons. The van der Waals surface area contributed by atoms with Crippen LogP contribution in [0.2, 0.25) is 0 Å². The lowest BCUT2D eigenvalue weighted by atomic mass is 9.90. The molecular weight excluding hydrogens is 180 g/mol. The third-order valence-electron chi connectivity index (χ3n) is 2.78. The minimum absolute atomic E-state index is 0.332. The molecule has 0 radical (unpaired) electrons. The molecule has 1 aliphatic rings. The van der Waals surface area contributed by atoms with Gasteiger partial charge in [-0.1, -0.05) is 5.16 Å². The van der Waals surface area contributed by atoms with Crippen molar-refractivity contribution in [3.05, 3.63) is 17.0 Å². The lowest BCUT2D eigenvalue weighted by Crippen LogP contribution is -2.41. The second-order valence-electron chi connectivity index (χ2n) is 3.97. The summed E-state index contributed by atoms with van der Waals surface area (Å²) in [6, 6.07) is 0.338. The quantitative estimate of drug-likeness (QED) is 0.791. The molecule has 1 saturated carbocycles. The topological polar surface area (TPSA) is 61.3 Å². The van der Waals surface area contributed by atoms with Crippen molar-refractivity contribution in [2.45, 2.75) is 45.4 Å². The molecule has 1 fully saturated rings. The zero-order valence-electron chi connectivity index (χ0n) is 8.62. The fourth-order valence-electron chi connectivity index (χ4n) is 1.65. The maximum atomic E-state index is 5.67. The van der Waals surface area contributed by atoms with E-state index >= 15 is 0 Å². The summed E-state index contributed by atoms with van der Waals surface area (Å²) < 4.78 is 10.7. The first kappa shape index (κ1) is 9.68. The Balaban J connectivity index is 1.86. The van der Waals surface area contributed by atoms with Gasteiger partial charge in [-0.15, -0.1) is 0 Å². The fraction of sp³-hybridized carbons (Fsp3) is 0.700. The van der Waals surface area contributed by atoms with Crippen LogP contribution in [0.5, 0.6) is 0 Å². The molecule has 0 spiro atoms. The second kappa shape index (κ2) is 3.71. The lowest BCUT2D eigenvalue weighted by molar-refractivity contribution is -0.0194. The van der Waals surface area contributed by atoms with E-state index in [4.69, 9.17) is 15.0 Å². The average molecular weight is 196 g/mol. The Bertz CT molecular complexity index is 296. The summed E-state index contributed by atoms with van der Waals surface area (Å²) in [5.41, 5.74) is 7.66. The molecule has 0 bridgehead atoms. The average Bonchev–Trinajstić information content (AvgIpc) is 2.40. The number of hydrogen-bond acceptors (Lipinski definition) is 4. The van der Waals surface area contributed by atoms with Gasteiger partial charge in [-0.3, -0.25) is 0 Å². The van der Waals surface area contributed by atoms with E-state index in [1.54, 1.807) is 0 Å². The molecule has 1 heterocycles. The molecule has 0 aromatic carbocycles. The summed E-state index contributed by atoms with van der Waals surface area (Å²) in [5, 5.41) is 3.87. The first-order valence-electron chi connectivity index (χ1n) is 4.95. The van der Waals surface area contributed by atoms with Gasteiger partial charge in [0.25, 0.3) is 0 Å². The van der Waals surface area contributed by atoms with Crippen molar-refractivity contribution in [2.24, 2.45) is 5.73 Å². The SMILES string of the molecule is Cc1noc(C)c1COC1CC(N)C1. The minimum Gasteiger partial charge on any atom is -0.373 e. The number of hydrogen-bond donors (Lipinski definition) is 1. The summed E-state index contributed by atoms with van der Waals surface area (Å²) in [4.78, 5) is 0. The lowest BCUT2D eigenvalue weighted by Gasteiger charge is -2.32. The predicted octanol–water partition coefficient (Wildman–Crippen LogP) is 1.30. The van der Waals surface area contributed by atoms with Gasteiger partial charge in [0.2, 0.25) is 0 Å². The highest BCUT2D eigenvalue weighted by Gasteiger charge is 2.27. The zero-order valence-corrected chi connectivity index (χ0v) is 8.62. The van der Waals surface area contributed by atoms with Crippen LogP contribution in [0, 0.1) is 13.8 Å². The summed E-state index contributed by atoms with van der Waals surface area (Å²) in [6.07, 6.45) is 2.28. The third-order valence-corrected chi connectivity index (χ3v) is 2.78. The van der Waals surface area contributed by atoms with Crippen molar-refractivity contribution in [1.82, 2.24) is 5.16 Å². The smallest absolute Gasteiger partial charge is 0.139 e. The van der Waals surface area contributed by atoms with Crippen LogP contribution >= 0.6 is 0 Å². The van der Waals surface area contributed by atoms with E-state index < -0.39 is 0 Å². The number of nitrogens with zero attached hydrogens (tertiary/aromatic N) is 1. The molecule has 0 atom stereocenters. The van der Waals surface area contributed by atoms with Crippen LogP contribution < -0.4 is 5.73 Å². The van der Waals surface area contributed by atoms with Gasteiger partial charge >= 0.3 is 0 Å². The van der Waals surface area contributed by atoms with Gasteiger partial charge < -0.3 is 15.0 Å². The highest BCUT2D eigenvalue weighted by molar-refractivity contribution is 5.19. The van der Waals surface area contributed by atoms with E-state index in [1.165, 1.54) is 0 Å². The molecule has 1 aromatic rings. The number of aromatic nitrogens is 1. The van der Waals surface area contributed by atoms with Crippen LogP contribution in [0.25, 0.3) is 0 Å². The Kier molecular flexibility index (Phi) is 2.56. The molecule has 0 aliphatic heterocycles. The Morgan fingerprint density at radius 2 is 2.21 bits per heavy atom. The van der Waals surface area contributed by atoms with Crippen molar-refractivity contribution in [3.8, 4) is 0 Å². The molecule has 0 saturated heterocycles. The normalized spacial score (nSPS) is 26.2. The van der Waals surface area contributed by atoms with Gasteiger partial charge in [0.15, 0.2) is 0 Å². The van der Waals surface area contributed by atoms with Gasteiger partial charge in [-0.05, 0) is 26.7 Å². The summed E-state index contributed by atoms with van der Waals surface area (Å²) >= 11 is 0. The van der Waals surface area contributed by atoms with E-state index in [2.05, 4.69) is 5.16 Å². The van der Waals surface area contributed by atoms with Crippen molar-refractivity contribution >= 4 is 0 Å². The van der Waals surface area contributed by atoms with Crippen LogP contribution in [-0.2, 0) is 11.3 Å². The molecule has 2 rings (SSSR count). The fourth-order valence-corrected chi connectivity index (χ4v) is 1.65. The molecule has 1 aliphatic carbocycles. The molecule has 14 heavy (non-hydrogen) atoms. The van der Waals surface area contributed by atoms with Gasteiger partial charge in [0.05, 0.1) is 18.4 Å². The van der Waals surface area contributed by atoms with Crippen molar-refractivity contribution in [3.63, 3.8) is 0 Å². The molecule has 1 aromatic heterocycles. The zero-order chi connectivity index (χ0) is 10.1. The van der Waals surface area contributed by atoms with Crippen molar-refractivity contribution in [2.75, 3.05) is 0 Å². The van der Waals surface area contributed by atoms with Gasteiger partial charge in [0, 0.05) is 11.6 Å². The minimum atomic E-state index is 0.332. The molecule has 0 unspecified atom stereocenters.